The van der Waals surface area contributed by atoms with Crippen LogP contribution in [0.25, 0.3) is 0 Å². The molecule has 0 saturated heterocycles. The van der Waals surface area contributed by atoms with Crippen molar-refractivity contribution in [3.63, 3.8) is 0 Å². The molecule has 1 aromatic heterocycles. The quantitative estimate of drug-likeness (QED) is 0.762. The molecule has 0 fully saturated rings. The Kier molecular flexibility index (Phi) is 3.48. The van der Waals surface area contributed by atoms with Crippen molar-refractivity contribution in [2.75, 3.05) is 0 Å². The molecule has 0 aliphatic heterocycles. The third-order valence-corrected chi connectivity index (χ3v) is 2.19. The molecule has 1 unspecified atom stereocenters. The van der Waals surface area contributed by atoms with Crippen molar-refractivity contribution < 1.29 is 0 Å². The van der Waals surface area contributed by atoms with Crippen LogP contribution in [0, 0.1) is 0 Å². The highest BCUT2D eigenvalue weighted by molar-refractivity contribution is 5.13. The summed E-state index contributed by atoms with van der Waals surface area (Å²) in [7, 11) is 0. The molecule has 1 aromatic rings. The van der Waals surface area contributed by atoms with E-state index in [0.29, 0.717) is 0 Å². The molecule has 1 rings (SSSR count). The zero-order valence-corrected chi connectivity index (χ0v) is 8.75. The van der Waals surface area contributed by atoms with Gasteiger partial charge in [0.05, 0.1) is 12.0 Å². The minimum Gasteiger partial charge on any atom is -0.333 e. The van der Waals surface area contributed by atoms with Crippen molar-refractivity contribution in [1.82, 2.24) is 9.55 Å². The van der Waals surface area contributed by atoms with Gasteiger partial charge in [0.25, 0.3) is 0 Å². The number of aryl methyl sites for hydroxylation is 1. The van der Waals surface area contributed by atoms with Gasteiger partial charge in [-0.05, 0) is 19.8 Å². The fourth-order valence-corrected chi connectivity index (χ4v) is 1.62. The third kappa shape index (κ3) is 2.31. The lowest BCUT2D eigenvalue weighted by molar-refractivity contribution is 0.571. The minimum absolute atomic E-state index is 0.198. The first-order valence-electron chi connectivity index (χ1n) is 4.97. The number of imidazole rings is 1. The van der Waals surface area contributed by atoms with Gasteiger partial charge < -0.3 is 10.3 Å². The monoisotopic (exact) mass is 181 g/mol. The maximum absolute atomic E-state index is 5.75. The van der Waals surface area contributed by atoms with Crippen LogP contribution >= 0.6 is 0 Å². The van der Waals surface area contributed by atoms with Crippen molar-refractivity contribution >= 4 is 0 Å². The highest BCUT2D eigenvalue weighted by Gasteiger charge is 2.07. The van der Waals surface area contributed by atoms with E-state index in [4.69, 9.17) is 5.73 Å². The van der Waals surface area contributed by atoms with Gasteiger partial charge in [-0.15, -0.1) is 0 Å². The van der Waals surface area contributed by atoms with Gasteiger partial charge >= 0.3 is 0 Å². The summed E-state index contributed by atoms with van der Waals surface area (Å²) in [5.74, 6) is 0. The van der Waals surface area contributed by atoms with Crippen LogP contribution < -0.4 is 5.73 Å². The summed E-state index contributed by atoms with van der Waals surface area (Å²) >= 11 is 0. The smallest absolute Gasteiger partial charge is 0.0952 e. The Morgan fingerprint density at radius 2 is 2.15 bits per heavy atom. The summed E-state index contributed by atoms with van der Waals surface area (Å²) in [4.78, 5) is 4.37. The molecule has 13 heavy (non-hydrogen) atoms. The molecule has 0 aromatic carbocycles. The number of nitrogens with zero attached hydrogens (tertiary/aromatic N) is 2. The molecule has 1 atom stereocenters. The largest absolute Gasteiger partial charge is 0.333 e. The van der Waals surface area contributed by atoms with Crippen molar-refractivity contribution in [1.29, 1.82) is 0 Å². The standard InChI is InChI=1S/C10H19N3/c1-4-9-10(5-2)13(7-12-9)6-8(3)11/h7-8H,4-6,11H2,1-3H3. The van der Waals surface area contributed by atoms with Crippen molar-refractivity contribution in [2.45, 2.75) is 46.2 Å². The van der Waals surface area contributed by atoms with Crippen LogP contribution in [0.15, 0.2) is 6.33 Å². The summed E-state index contributed by atoms with van der Waals surface area (Å²) in [6.45, 7) is 7.19. The zero-order chi connectivity index (χ0) is 9.84. The molecule has 2 N–H and O–H groups in total. The SMILES string of the molecule is CCc1ncn(CC(C)N)c1CC. The number of hydrogen-bond donors (Lipinski definition) is 1. The van der Waals surface area contributed by atoms with E-state index in [1.807, 2.05) is 13.3 Å². The Balaban J connectivity index is 2.87. The normalized spacial score (nSPS) is 13.2. The summed E-state index contributed by atoms with van der Waals surface area (Å²) in [6, 6.07) is 0.198. The van der Waals surface area contributed by atoms with Crippen LogP contribution in [0.1, 0.15) is 32.2 Å². The zero-order valence-electron chi connectivity index (χ0n) is 8.75. The van der Waals surface area contributed by atoms with Crippen molar-refractivity contribution in [3.05, 3.63) is 17.7 Å². The Morgan fingerprint density at radius 3 is 2.62 bits per heavy atom. The van der Waals surface area contributed by atoms with Gasteiger partial charge in [0, 0.05) is 18.3 Å². The molecule has 0 aliphatic carbocycles. The summed E-state index contributed by atoms with van der Waals surface area (Å²) in [5, 5.41) is 0. The molecule has 1 heterocycles. The second-order valence-corrected chi connectivity index (χ2v) is 3.47. The molecule has 0 aliphatic rings. The van der Waals surface area contributed by atoms with Crippen LogP contribution in [0.5, 0.6) is 0 Å². The molecule has 3 heteroatoms. The van der Waals surface area contributed by atoms with Gasteiger partial charge in [-0.2, -0.15) is 0 Å². The van der Waals surface area contributed by atoms with E-state index in [9.17, 15) is 0 Å². The van der Waals surface area contributed by atoms with Crippen LogP contribution in [0.3, 0.4) is 0 Å². The molecule has 0 bridgehead atoms. The number of rotatable bonds is 4. The van der Waals surface area contributed by atoms with Gasteiger partial charge in [0.15, 0.2) is 0 Å². The van der Waals surface area contributed by atoms with E-state index in [2.05, 4.69) is 23.4 Å². The van der Waals surface area contributed by atoms with Crippen LogP contribution in [-0.4, -0.2) is 15.6 Å². The van der Waals surface area contributed by atoms with Gasteiger partial charge in [-0.3, -0.25) is 0 Å². The fraction of sp³-hybridized carbons (Fsp3) is 0.700. The van der Waals surface area contributed by atoms with E-state index in [1.54, 1.807) is 0 Å². The van der Waals surface area contributed by atoms with E-state index < -0.39 is 0 Å². The summed E-state index contributed by atoms with van der Waals surface area (Å²) in [5.41, 5.74) is 8.29. The molecule has 0 radical (unpaired) electrons. The Morgan fingerprint density at radius 1 is 1.46 bits per heavy atom. The fourth-order valence-electron chi connectivity index (χ4n) is 1.62. The molecule has 74 valence electrons. The second-order valence-electron chi connectivity index (χ2n) is 3.47. The average molecular weight is 181 g/mol. The molecule has 0 spiro atoms. The topological polar surface area (TPSA) is 43.8 Å². The number of nitrogens with two attached hydrogens (primary N) is 1. The number of aromatic nitrogens is 2. The minimum atomic E-state index is 0.198. The molecular formula is C10H19N3. The summed E-state index contributed by atoms with van der Waals surface area (Å²) in [6.07, 6.45) is 3.95. The van der Waals surface area contributed by atoms with Gasteiger partial charge in [-0.25, -0.2) is 4.98 Å². The lowest BCUT2D eigenvalue weighted by Crippen LogP contribution is -2.22. The predicted octanol–water partition coefficient (Wildman–Crippen LogP) is 1.36. The van der Waals surface area contributed by atoms with Crippen LogP contribution in [0.4, 0.5) is 0 Å². The number of hydrogen-bond acceptors (Lipinski definition) is 2. The first-order chi connectivity index (χ1) is 6.19. The predicted molar refractivity (Wildman–Crippen MR) is 54.6 cm³/mol. The second kappa shape index (κ2) is 4.42. The van der Waals surface area contributed by atoms with Crippen LogP contribution in [0.2, 0.25) is 0 Å². The molecule has 0 saturated carbocycles. The maximum Gasteiger partial charge on any atom is 0.0952 e. The van der Waals surface area contributed by atoms with E-state index >= 15 is 0 Å². The highest BCUT2D eigenvalue weighted by Crippen LogP contribution is 2.09. The maximum atomic E-state index is 5.75. The lowest BCUT2D eigenvalue weighted by atomic mass is 10.2. The third-order valence-electron chi connectivity index (χ3n) is 2.19. The first-order valence-corrected chi connectivity index (χ1v) is 4.97. The Labute approximate surface area is 80.0 Å². The highest BCUT2D eigenvalue weighted by atomic mass is 15.1. The average Bonchev–Trinajstić information content (AvgIpc) is 2.45. The Bertz CT molecular complexity index is 263. The van der Waals surface area contributed by atoms with Gasteiger partial charge in [0.2, 0.25) is 0 Å². The lowest BCUT2D eigenvalue weighted by Gasteiger charge is -2.10. The van der Waals surface area contributed by atoms with Gasteiger partial charge in [0.1, 0.15) is 0 Å². The van der Waals surface area contributed by atoms with E-state index in [-0.39, 0.29) is 6.04 Å². The summed E-state index contributed by atoms with van der Waals surface area (Å²) < 4.78 is 2.17. The van der Waals surface area contributed by atoms with Gasteiger partial charge in [-0.1, -0.05) is 13.8 Å². The van der Waals surface area contributed by atoms with E-state index in [1.165, 1.54) is 11.4 Å². The molecular weight excluding hydrogens is 162 g/mol. The van der Waals surface area contributed by atoms with Crippen molar-refractivity contribution in [2.24, 2.45) is 5.73 Å². The molecule has 3 nitrogen and oxygen atoms in total. The molecule has 0 amide bonds. The Hall–Kier alpha value is -0.830. The first kappa shape index (κ1) is 10.3. The van der Waals surface area contributed by atoms with Crippen molar-refractivity contribution in [3.8, 4) is 0 Å². The van der Waals surface area contributed by atoms with E-state index in [0.717, 1.165) is 19.4 Å². The van der Waals surface area contributed by atoms with Crippen LogP contribution in [-0.2, 0) is 19.4 Å².